The SMILES string of the molecule is CC(=N)/C(C(C)=O)=C(/O)COC(=O)c1ccc(S(=O)(=O)N2CCN(C(C)=O)CC2)cc1. The summed E-state index contributed by atoms with van der Waals surface area (Å²) in [6, 6.07) is 5.13. The van der Waals surface area contributed by atoms with Crippen LogP contribution in [-0.4, -0.2) is 78.9 Å². The molecule has 0 atom stereocenters. The third kappa shape index (κ3) is 5.76. The molecule has 2 rings (SSSR count). The van der Waals surface area contributed by atoms with Crippen molar-refractivity contribution in [1.82, 2.24) is 9.21 Å². The Bertz CT molecular complexity index is 1010. The Labute approximate surface area is 180 Å². The maximum atomic E-state index is 12.8. The summed E-state index contributed by atoms with van der Waals surface area (Å²) in [4.78, 5) is 36.6. The van der Waals surface area contributed by atoms with Crippen LogP contribution in [0.15, 0.2) is 40.5 Å². The van der Waals surface area contributed by atoms with Crippen LogP contribution < -0.4 is 0 Å². The van der Waals surface area contributed by atoms with E-state index in [0.29, 0.717) is 13.1 Å². The highest BCUT2D eigenvalue weighted by Crippen LogP contribution is 2.19. The Morgan fingerprint density at radius 3 is 2.03 bits per heavy atom. The van der Waals surface area contributed by atoms with E-state index in [1.807, 2.05) is 0 Å². The zero-order valence-electron chi connectivity index (χ0n) is 17.5. The molecule has 0 bridgehead atoms. The number of allylic oxidation sites excluding steroid dienone is 1. The molecular formula is C20H25N3O7S. The zero-order valence-corrected chi connectivity index (χ0v) is 18.4. The summed E-state index contributed by atoms with van der Waals surface area (Å²) in [6.07, 6.45) is 0. The van der Waals surface area contributed by atoms with E-state index >= 15 is 0 Å². The molecule has 1 aliphatic heterocycles. The van der Waals surface area contributed by atoms with E-state index in [0.717, 1.165) is 0 Å². The summed E-state index contributed by atoms with van der Waals surface area (Å²) >= 11 is 0. The summed E-state index contributed by atoms with van der Waals surface area (Å²) in [5.74, 6) is -1.99. The predicted octanol–water partition coefficient (Wildman–Crippen LogP) is 1.14. The molecule has 0 unspecified atom stereocenters. The maximum absolute atomic E-state index is 12.8. The first-order chi connectivity index (χ1) is 14.4. The van der Waals surface area contributed by atoms with Crippen LogP contribution in [0.1, 0.15) is 31.1 Å². The molecule has 1 heterocycles. The summed E-state index contributed by atoms with van der Waals surface area (Å²) in [5.41, 5.74) is -0.317. The van der Waals surface area contributed by atoms with Gasteiger partial charge in [-0.3, -0.25) is 9.59 Å². The number of nitrogens with one attached hydrogen (secondary N) is 1. The highest BCUT2D eigenvalue weighted by atomic mass is 32.2. The number of carbonyl (C=O) groups excluding carboxylic acids is 3. The number of amides is 1. The van der Waals surface area contributed by atoms with E-state index < -0.39 is 34.1 Å². The van der Waals surface area contributed by atoms with Gasteiger partial charge in [0, 0.05) is 38.8 Å². The Kier molecular flexibility index (Phi) is 7.69. The normalized spacial score (nSPS) is 15.8. The van der Waals surface area contributed by atoms with E-state index in [4.69, 9.17) is 10.1 Å². The number of esters is 1. The van der Waals surface area contributed by atoms with Gasteiger partial charge in [-0.05, 0) is 38.1 Å². The molecule has 1 amide bonds. The molecule has 11 heteroatoms. The van der Waals surface area contributed by atoms with Gasteiger partial charge in [0.1, 0.15) is 12.4 Å². The van der Waals surface area contributed by atoms with Gasteiger partial charge in [-0.15, -0.1) is 0 Å². The number of nitrogens with zero attached hydrogens (tertiary/aromatic N) is 2. The number of aliphatic hydroxyl groups is 1. The number of hydrogen-bond acceptors (Lipinski definition) is 8. The Balaban J connectivity index is 2.06. The minimum absolute atomic E-state index is 0.00126. The van der Waals surface area contributed by atoms with Crippen molar-refractivity contribution in [2.75, 3.05) is 32.8 Å². The Morgan fingerprint density at radius 1 is 1.03 bits per heavy atom. The van der Waals surface area contributed by atoms with Crippen molar-refractivity contribution < 1.29 is 32.6 Å². The van der Waals surface area contributed by atoms with Gasteiger partial charge in [0.2, 0.25) is 15.9 Å². The highest BCUT2D eigenvalue weighted by Gasteiger charge is 2.29. The van der Waals surface area contributed by atoms with E-state index in [1.54, 1.807) is 4.90 Å². The van der Waals surface area contributed by atoms with Crippen LogP contribution in [0.2, 0.25) is 0 Å². The van der Waals surface area contributed by atoms with E-state index in [9.17, 15) is 27.9 Å². The Hall–Kier alpha value is -3.05. The number of piperazine rings is 1. The molecule has 10 nitrogen and oxygen atoms in total. The van der Waals surface area contributed by atoms with Crippen LogP contribution in [0.5, 0.6) is 0 Å². The number of aliphatic hydroxyl groups excluding tert-OH is 1. The molecule has 0 radical (unpaired) electrons. The average molecular weight is 452 g/mol. The standard InChI is InChI=1S/C20H25N3O7S/c1-13(21)19(14(2)24)18(26)12-30-20(27)16-4-6-17(7-5-16)31(28,29)23-10-8-22(9-11-23)15(3)25/h4-7,21,26H,8-12H2,1-3H3/b19-18-,21-13?. The van der Waals surface area contributed by atoms with Crippen molar-refractivity contribution in [2.24, 2.45) is 0 Å². The molecule has 1 aromatic rings. The number of rotatable bonds is 7. The van der Waals surface area contributed by atoms with Crippen LogP contribution in [0, 0.1) is 5.41 Å². The second-order valence-corrected chi connectivity index (χ2v) is 8.95. The van der Waals surface area contributed by atoms with Crippen LogP contribution in [0.3, 0.4) is 0 Å². The molecule has 1 fully saturated rings. The lowest BCUT2D eigenvalue weighted by molar-refractivity contribution is -0.130. The summed E-state index contributed by atoms with van der Waals surface area (Å²) in [6.45, 7) is 4.35. The first kappa shape index (κ1) is 24.2. The second kappa shape index (κ2) is 9.84. The van der Waals surface area contributed by atoms with Crippen LogP contribution in [0.25, 0.3) is 0 Å². The molecule has 31 heavy (non-hydrogen) atoms. The molecule has 1 aliphatic rings. The van der Waals surface area contributed by atoms with Crippen molar-refractivity contribution in [2.45, 2.75) is 25.7 Å². The summed E-state index contributed by atoms with van der Waals surface area (Å²) < 4.78 is 31.8. The van der Waals surface area contributed by atoms with Gasteiger partial charge < -0.3 is 20.2 Å². The van der Waals surface area contributed by atoms with Crippen molar-refractivity contribution in [1.29, 1.82) is 5.41 Å². The number of sulfonamides is 1. The fraction of sp³-hybridized carbons (Fsp3) is 0.400. The molecule has 0 aliphatic carbocycles. The van der Waals surface area contributed by atoms with Gasteiger partial charge in [-0.2, -0.15) is 4.31 Å². The van der Waals surface area contributed by atoms with Gasteiger partial charge in [0.15, 0.2) is 5.78 Å². The predicted molar refractivity (Wildman–Crippen MR) is 111 cm³/mol. The molecule has 0 aromatic heterocycles. The van der Waals surface area contributed by atoms with Gasteiger partial charge >= 0.3 is 5.97 Å². The molecule has 1 aromatic carbocycles. The number of Topliss-reactive ketones (excluding diaryl/α,β-unsaturated/α-hetero) is 1. The summed E-state index contributed by atoms with van der Waals surface area (Å²) in [7, 11) is -3.77. The average Bonchev–Trinajstić information content (AvgIpc) is 2.71. The van der Waals surface area contributed by atoms with Gasteiger partial charge in [-0.25, -0.2) is 13.2 Å². The zero-order chi connectivity index (χ0) is 23.3. The van der Waals surface area contributed by atoms with Gasteiger partial charge in [-0.1, -0.05) is 0 Å². The third-order valence-corrected chi connectivity index (χ3v) is 6.68. The van der Waals surface area contributed by atoms with Crippen molar-refractivity contribution >= 4 is 33.4 Å². The van der Waals surface area contributed by atoms with E-state index in [2.05, 4.69) is 0 Å². The van der Waals surface area contributed by atoms with Gasteiger partial charge in [0.05, 0.1) is 16.0 Å². The minimum atomic E-state index is -3.77. The van der Waals surface area contributed by atoms with Crippen molar-refractivity contribution in [3.8, 4) is 0 Å². The fourth-order valence-electron chi connectivity index (χ4n) is 3.13. The molecule has 1 saturated heterocycles. The lowest BCUT2D eigenvalue weighted by atomic mass is 10.1. The van der Waals surface area contributed by atoms with Gasteiger partial charge in [0.25, 0.3) is 0 Å². The first-order valence-electron chi connectivity index (χ1n) is 9.46. The van der Waals surface area contributed by atoms with E-state index in [-0.39, 0.29) is 40.7 Å². The number of benzene rings is 1. The number of ether oxygens (including phenoxy) is 1. The monoisotopic (exact) mass is 451 g/mol. The molecule has 0 saturated carbocycles. The third-order valence-electron chi connectivity index (χ3n) is 4.77. The maximum Gasteiger partial charge on any atom is 0.338 e. The number of carbonyl (C=O) groups is 3. The topological polar surface area (TPSA) is 145 Å². The van der Waals surface area contributed by atoms with Crippen LogP contribution in [-0.2, 0) is 24.3 Å². The van der Waals surface area contributed by atoms with Crippen molar-refractivity contribution in [3.05, 3.63) is 41.2 Å². The first-order valence-corrected chi connectivity index (χ1v) is 10.9. The highest BCUT2D eigenvalue weighted by molar-refractivity contribution is 7.89. The minimum Gasteiger partial charge on any atom is -0.508 e. The molecule has 2 N–H and O–H groups in total. The molecular weight excluding hydrogens is 426 g/mol. The lowest BCUT2D eigenvalue weighted by Gasteiger charge is -2.33. The largest absolute Gasteiger partial charge is 0.508 e. The number of ketones is 1. The van der Waals surface area contributed by atoms with E-state index in [1.165, 1.54) is 49.3 Å². The lowest BCUT2D eigenvalue weighted by Crippen LogP contribution is -2.49. The molecule has 168 valence electrons. The smallest absolute Gasteiger partial charge is 0.338 e. The molecule has 0 spiro atoms. The fourth-order valence-corrected chi connectivity index (χ4v) is 4.55. The Morgan fingerprint density at radius 2 is 1.58 bits per heavy atom. The van der Waals surface area contributed by atoms with Crippen molar-refractivity contribution in [3.63, 3.8) is 0 Å². The second-order valence-electron chi connectivity index (χ2n) is 7.01. The quantitative estimate of drug-likeness (QED) is 0.274. The van der Waals surface area contributed by atoms with Crippen LogP contribution >= 0.6 is 0 Å². The van der Waals surface area contributed by atoms with Crippen LogP contribution in [0.4, 0.5) is 0 Å². The number of hydrogen-bond donors (Lipinski definition) is 2. The summed E-state index contributed by atoms with van der Waals surface area (Å²) in [5, 5.41) is 17.4.